The summed E-state index contributed by atoms with van der Waals surface area (Å²) in [4.78, 5) is 37.4. The molecule has 25 heavy (non-hydrogen) atoms. The van der Waals surface area contributed by atoms with Gasteiger partial charge in [0.05, 0.1) is 18.7 Å². The molecule has 0 N–H and O–H groups in total. The van der Waals surface area contributed by atoms with Gasteiger partial charge in [0.25, 0.3) is 0 Å². The van der Waals surface area contributed by atoms with Crippen LogP contribution in [0.15, 0.2) is 53.5 Å². The van der Waals surface area contributed by atoms with Gasteiger partial charge in [-0.2, -0.15) is 4.99 Å². The van der Waals surface area contributed by atoms with E-state index in [2.05, 4.69) is 9.73 Å². The molecule has 0 saturated heterocycles. The van der Waals surface area contributed by atoms with Crippen LogP contribution in [0, 0.1) is 5.92 Å². The van der Waals surface area contributed by atoms with E-state index in [4.69, 9.17) is 4.74 Å². The van der Waals surface area contributed by atoms with Crippen LogP contribution in [-0.2, 0) is 14.3 Å². The Kier molecular flexibility index (Phi) is 6.20. The molecule has 0 amide bonds. The Morgan fingerprint density at radius 3 is 2.12 bits per heavy atom. The number of methoxy groups -OCH3 is 1. The van der Waals surface area contributed by atoms with Gasteiger partial charge in [-0.05, 0) is 55.5 Å². The predicted molar refractivity (Wildman–Crippen MR) is 90.8 cm³/mol. The summed E-state index contributed by atoms with van der Waals surface area (Å²) in [5.74, 6) is -0.313. The zero-order valence-corrected chi connectivity index (χ0v) is 13.9. The highest BCUT2D eigenvalue weighted by Gasteiger charge is 2.14. The predicted octanol–water partition coefficient (Wildman–Crippen LogP) is 3.07. The fourth-order valence-electron chi connectivity index (χ4n) is 2.10. The zero-order chi connectivity index (χ0) is 18.2. The number of carbonyl (C=O) groups is 2. The van der Waals surface area contributed by atoms with Crippen molar-refractivity contribution < 1.29 is 23.9 Å². The molecule has 0 heterocycles. The number of hydrogen-bond donors (Lipinski definition) is 0. The van der Waals surface area contributed by atoms with Crippen LogP contribution < -0.4 is 4.74 Å². The molecule has 2 rings (SSSR count). The lowest BCUT2D eigenvalue weighted by Crippen LogP contribution is -2.19. The molecule has 6 nitrogen and oxygen atoms in total. The fraction of sp³-hybridized carbons (Fsp3) is 0.211. The molecule has 0 aliphatic heterocycles. The van der Waals surface area contributed by atoms with Gasteiger partial charge in [-0.25, -0.2) is 4.79 Å². The molecule has 6 heteroatoms. The summed E-state index contributed by atoms with van der Waals surface area (Å²) in [6, 6.07) is 13.0. The van der Waals surface area contributed by atoms with Gasteiger partial charge in [0.2, 0.25) is 6.08 Å². The second-order valence-electron chi connectivity index (χ2n) is 5.34. The van der Waals surface area contributed by atoms with Crippen LogP contribution in [0.3, 0.4) is 0 Å². The molecule has 0 aliphatic rings. The summed E-state index contributed by atoms with van der Waals surface area (Å²) in [5, 5.41) is 0. The van der Waals surface area contributed by atoms with Crippen LogP contribution in [0.25, 0.3) is 0 Å². The van der Waals surface area contributed by atoms with Gasteiger partial charge in [-0.15, -0.1) is 0 Å². The molecule has 2 aromatic rings. The number of isocyanates is 1. The Morgan fingerprint density at radius 1 is 1.04 bits per heavy atom. The van der Waals surface area contributed by atoms with E-state index in [1.54, 1.807) is 55.5 Å². The van der Waals surface area contributed by atoms with Gasteiger partial charge < -0.3 is 9.47 Å². The minimum atomic E-state index is -0.376. The van der Waals surface area contributed by atoms with E-state index in [-0.39, 0.29) is 24.3 Å². The lowest BCUT2D eigenvalue weighted by Gasteiger charge is -2.11. The molecule has 0 spiro atoms. The van der Waals surface area contributed by atoms with E-state index in [1.807, 2.05) is 0 Å². The average Bonchev–Trinajstić information content (AvgIpc) is 2.66. The number of ether oxygens (including phenoxy) is 2. The Bertz CT molecular complexity index is 790. The van der Waals surface area contributed by atoms with E-state index < -0.39 is 0 Å². The topological polar surface area (TPSA) is 82.0 Å². The van der Waals surface area contributed by atoms with Gasteiger partial charge in [0, 0.05) is 11.1 Å². The number of aliphatic imine (C=N–C) groups is 1. The molecule has 1 unspecified atom stereocenters. The van der Waals surface area contributed by atoms with E-state index in [0.717, 1.165) is 0 Å². The van der Waals surface area contributed by atoms with E-state index in [0.29, 0.717) is 22.6 Å². The van der Waals surface area contributed by atoms with E-state index in [1.165, 1.54) is 13.2 Å². The summed E-state index contributed by atoms with van der Waals surface area (Å²) in [6.07, 6.45) is 1.45. The first-order chi connectivity index (χ1) is 12.0. The molecule has 1 atom stereocenters. The highest BCUT2D eigenvalue weighted by atomic mass is 16.5. The van der Waals surface area contributed by atoms with Crippen molar-refractivity contribution in [2.75, 3.05) is 13.7 Å². The largest absolute Gasteiger partial charge is 0.493 e. The first-order valence-corrected chi connectivity index (χ1v) is 7.58. The van der Waals surface area contributed by atoms with Gasteiger partial charge in [0.15, 0.2) is 5.78 Å². The van der Waals surface area contributed by atoms with Crippen molar-refractivity contribution in [3.05, 3.63) is 59.7 Å². The molecular formula is C19H17NO5. The SMILES string of the molecule is COC(=O)C(C)COc1ccc(C(=O)c2ccc(N=C=O)cc2)cc1. The molecule has 0 bridgehead atoms. The second-order valence-corrected chi connectivity index (χ2v) is 5.34. The number of carbonyl (C=O) groups excluding carboxylic acids is 3. The molecule has 0 aliphatic carbocycles. The van der Waals surface area contributed by atoms with Crippen LogP contribution in [0.2, 0.25) is 0 Å². The number of benzene rings is 2. The second kappa shape index (κ2) is 8.57. The average molecular weight is 339 g/mol. The number of esters is 1. The third-order valence-electron chi connectivity index (χ3n) is 3.52. The molecule has 0 saturated carbocycles. The van der Waals surface area contributed by atoms with Gasteiger partial charge in [-0.3, -0.25) is 9.59 Å². The Hall–Kier alpha value is -3.24. The van der Waals surface area contributed by atoms with Crippen molar-refractivity contribution in [1.82, 2.24) is 0 Å². The summed E-state index contributed by atoms with van der Waals surface area (Å²) in [6.45, 7) is 1.90. The van der Waals surface area contributed by atoms with Crippen molar-refractivity contribution in [2.24, 2.45) is 10.9 Å². The van der Waals surface area contributed by atoms with Crippen LogP contribution >= 0.6 is 0 Å². The number of ketones is 1. The van der Waals surface area contributed by atoms with Crippen molar-refractivity contribution in [2.45, 2.75) is 6.92 Å². The first-order valence-electron chi connectivity index (χ1n) is 7.58. The fourth-order valence-corrected chi connectivity index (χ4v) is 2.10. The smallest absolute Gasteiger partial charge is 0.311 e. The highest BCUT2D eigenvalue weighted by Crippen LogP contribution is 2.18. The minimum Gasteiger partial charge on any atom is -0.493 e. The maximum absolute atomic E-state index is 12.4. The maximum atomic E-state index is 12.4. The van der Waals surface area contributed by atoms with Gasteiger partial charge >= 0.3 is 5.97 Å². The lowest BCUT2D eigenvalue weighted by atomic mass is 10.0. The zero-order valence-electron chi connectivity index (χ0n) is 13.9. The van der Waals surface area contributed by atoms with Crippen LogP contribution in [0.5, 0.6) is 5.75 Å². The van der Waals surface area contributed by atoms with Crippen LogP contribution in [0.1, 0.15) is 22.8 Å². The summed E-state index contributed by atoms with van der Waals surface area (Å²) in [7, 11) is 1.33. The first kappa shape index (κ1) is 18.1. The molecule has 0 fully saturated rings. The van der Waals surface area contributed by atoms with Crippen molar-refractivity contribution >= 4 is 23.5 Å². The maximum Gasteiger partial charge on any atom is 0.311 e. The Labute approximate surface area is 145 Å². The Morgan fingerprint density at radius 2 is 1.60 bits per heavy atom. The third kappa shape index (κ3) is 4.86. The highest BCUT2D eigenvalue weighted by molar-refractivity contribution is 6.09. The van der Waals surface area contributed by atoms with E-state index in [9.17, 15) is 14.4 Å². The van der Waals surface area contributed by atoms with Gasteiger partial charge in [-0.1, -0.05) is 0 Å². The minimum absolute atomic E-state index is 0.156. The lowest BCUT2D eigenvalue weighted by molar-refractivity contribution is -0.145. The molecule has 0 radical (unpaired) electrons. The van der Waals surface area contributed by atoms with Crippen LogP contribution in [-0.4, -0.2) is 31.5 Å². The molecule has 128 valence electrons. The summed E-state index contributed by atoms with van der Waals surface area (Å²) >= 11 is 0. The quantitative estimate of drug-likeness (QED) is 0.335. The number of hydrogen-bond acceptors (Lipinski definition) is 6. The molecule has 0 aromatic heterocycles. The standard InChI is InChI=1S/C19H17NO5/c1-13(19(23)24-2)11-25-17-9-5-15(6-10-17)18(22)14-3-7-16(8-4-14)20-12-21/h3-10,13H,11H2,1-2H3. The van der Waals surface area contributed by atoms with Crippen LogP contribution in [0.4, 0.5) is 5.69 Å². The van der Waals surface area contributed by atoms with Gasteiger partial charge in [0.1, 0.15) is 12.4 Å². The van der Waals surface area contributed by atoms with Crippen molar-refractivity contribution in [3.63, 3.8) is 0 Å². The summed E-state index contributed by atoms with van der Waals surface area (Å²) in [5.41, 5.74) is 1.42. The number of rotatable bonds is 7. The Balaban J connectivity index is 2.02. The van der Waals surface area contributed by atoms with E-state index >= 15 is 0 Å². The summed E-state index contributed by atoms with van der Waals surface area (Å²) < 4.78 is 10.1. The monoisotopic (exact) mass is 339 g/mol. The molecular weight excluding hydrogens is 322 g/mol. The molecule has 2 aromatic carbocycles. The van der Waals surface area contributed by atoms with Crippen molar-refractivity contribution in [1.29, 1.82) is 0 Å². The number of nitrogens with zero attached hydrogens (tertiary/aromatic N) is 1. The third-order valence-corrected chi connectivity index (χ3v) is 3.52. The van der Waals surface area contributed by atoms with Crippen molar-refractivity contribution in [3.8, 4) is 5.75 Å². The normalized spacial score (nSPS) is 11.1.